The molecule has 0 unspecified atom stereocenters. The van der Waals surface area contributed by atoms with E-state index in [-0.39, 0.29) is 17.9 Å². The molecule has 3 aliphatic heterocycles. The number of hydrogen-bond donors (Lipinski definition) is 1. The summed E-state index contributed by atoms with van der Waals surface area (Å²) < 4.78 is 11.2. The molecule has 178 valence electrons. The minimum Gasteiger partial charge on any atom is -0.504 e. The number of nitrogens with zero attached hydrogens (tertiary/aromatic N) is 2. The molecule has 1 aromatic heterocycles. The van der Waals surface area contributed by atoms with Gasteiger partial charge in [0.1, 0.15) is 5.75 Å². The van der Waals surface area contributed by atoms with Gasteiger partial charge in [-0.2, -0.15) is 11.8 Å². The van der Waals surface area contributed by atoms with E-state index in [0.717, 1.165) is 73.8 Å². The van der Waals surface area contributed by atoms with E-state index in [2.05, 4.69) is 28.9 Å². The summed E-state index contributed by atoms with van der Waals surface area (Å²) in [7, 11) is 3.41. The average molecular weight is 470 g/mol. The van der Waals surface area contributed by atoms with E-state index in [1.165, 1.54) is 16.6 Å². The minimum atomic E-state index is 0.170. The number of methoxy groups -OCH3 is 2. The predicted molar refractivity (Wildman–Crippen MR) is 134 cm³/mol. The van der Waals surface area contributed by atoms with Gasteiger partial charge in [0.2, 0.25) is 0 Å². The minimum absolute atomic E-state index is 0.170. The molecule has 5 rings (SSSR count). The van der Waals surface area contributed by atoms with Gasteiger partial charge >= 0.3 is 0 Å². The molecule has 33 heavy (non-hydrogen) atoms. The summed E-state index contributed by atoms with van der Waals surface area (Å²) in [5.41, 5.74) is 4.69. The zero-order valence-electron chi connectivity index (χ0n) is 19.9. The number of carbonyl (C=O) groups excluding carboxylic acids is 1. The number of thioether (sulfide) groups is 1. The Labute approximate surface area is 200 Å². The molecular weight excluding hydrogens is 434 g/mol. The number of nitrogens with one attached hydrogen (secondary N) is 1. The second kappa shape index (κ2) is 9.63. The van der Waals surface area contributed by atoms with Crippen LogP contribution in [-0.4, -0.2) is 72.6 Å². The number of fused-ring (bicyclic) bond motifs is 5. The molecule has 0 saturated carbocycles. The molecule has 3 aliphatic rings. The molecule has 4 heterocycles. The van der Waals surface area contributed by atoms with E-state index < -0.39 is 0 Å². The van der Waals surface area contributed by atoms with Gasteiger partial charge in [0.05, 0.1) is 32.1 Å². The molecule has 2 aromatic rings. The number of aromatic nitrogens is 1. The Hall–Kier alpha value is -2.12. The maximum absolute atomic E-state index is 13.6. The lowest BCUT2D eigenvalue weighted by molar-refractivity contribution is -0.128. The number of carbonyl (C=O) groups is 1. The van der Waals surface area contributed by atoms with E-state index in [1.807, 2.05) is 22.7 Å². The first-order chi connectivity index (χ1) is 16.2. The van der Waals surface area contributed by atoms with Crippen molar-refractivity contribution >= 4 is 28.6 Å². The van der Waals surface area contributed by atoms with Gasteiger partial charge in [-0.15, -0.1) is 0 Å². The Kier molecular flexibility index (Phi) is 6.61. The highest BCUT2D eigenvalue weighted by atomic mass is 32.2. The quantitative estimate of drug-likeness (QED) is 0.525. The third-order valence-corrected chi connectivity index (χ3v) is 8.74. The second-order valence-corrected chi connectivity index (χ2v) is 10.6. The standard InChI is InChI=1S/C26H35N3O3S/c1-4-17-15-29-9-8-18-24-21(6-5-7-23(24)32-3)27-25(18)22(29)14-19(17)20(16-31-2)26(30)28-10-12-33-13-11-28/h5-7,16-17,19,22,27H,4,8-15H2,1-3H3/b20-16+/t17-,19+,22+/m1/s1. The highest BCUT2D eigenvalue weighted by Crippen LogP contribution is 2.47. The SMILES string of the molecule is CC[C@@H]1CN2CCc3c([nH]c4cccc(OC)c34)[C@@H]2C[C@@H]1/C(=C\OC)C(=O)N1CCSCC1. The Morgan fingerprint density at radius 3 is 2.79 bits per heavy atom. The number of piperidine rings is 1. The van der Waals surface area contributed by atoms with Crippen molar-refractivity contribution in [3.05, 3.63) is 41.3 Å². The van der Waals surface area contributed by atoms with E-state index in [9.17, 15) is 4.79 Å². The molecule has 1 amide bonds. The van der Waals surface area contributed by atoms with Gasteiger partial charge in [-0.05, 0) is 42.4 Å². The van der Waals surface area contributed by atoms with E-state index in [0.29, 0.717) is 5.92 Å². The number of rotatable bonds is 5. The average Bonchev–Trinajstić information content (AvgIpc) is 3.26. The van der Waals surface area contributed by atoms with Crippen molar-refractivity contribution in [3.8, 4) is 5.75 Å². The number of aromatic amines is 1. The lowest BCUT2D eigenvalue weighted by Gasteiger charge is -2.47. The van der Waals surface area contributed by atoms with E-state index >= 15 is 0 Å². The number of hydrogen-bond acceptors (Lipinski definition) is 5. The smallest absolute Gasteiger partial charge is 0.253 e. The summed E-state index contributed by atoms with van der Waals surface area (Å²) in [6.07, 6.45) is 4.76. The molecule has 2 saturated heterocycles. The van der Waals surface area contributed by atoms with Crippen LogP contribution in [0.15, 0.2) is 30.0 Å². The molecule has 0 radical (unpaired) electrons. The molecule has 7 heteroatoms. The van der Waals surface area contributed by atoms with Crippen molar-refractivity contribution in [1.82, 2.24) is 14.8 Å². The normalized spacial score (nSPS) is 26.1. The molecule has 2 fully saturated rings. The maximum atomic E-state index is 13.6. The van der Waals surface area contributed by atoms with Crippen LogP contribution >= 0.6 is 11.8 Å². The van der Waals surface area contributed by atoms with Crippen LogP contribution in [0.3, 0.4) is 0 Å². The summed E-state index contributed by atoms with van der Waals surface area (Å²) in [6.45, 7) is 5.98. The fourth-order valence-electron chi connectivity index (χ4n) is 6.12. The van der Waals surface area contributed by atoms with E-state index in [4.69, 9.17) is 9.47 Å². The van der Waals surface area contributed by atoms with E-state index in [1.54, 1.807) is 20.5 Å². The van der Waals surface area contributed by atoms with Crippen molar-refractivity contribution in [1.29, 1.82) is 0 Å². The van der Waals surface area contributed by atoms with Crippen LogP contribution in [0, 0.1) is 11.8 Å². The Morgan fingerprint density at radius 1 is 1.24 bits per heavy atom. The molecule has 1 N–H and O–H groups in total. The van der Waals surface area contributed by atoms with Gasteiger partial charge in [-0.25, -0.2) is 0 Å². The molecule has 0 bridgehead atoms. The highest BCUT2D eigenvalue weighted by Gasteiger charge is 2.43. The maximum Gasteiger partial charge on any atom is 0.253 e. The monoisotopic (exact) mass is 469 g/mol. The summed E-state index contributed by atoms with van der Waals surface area (Å²) in [5.74, 6) is 3.79. The van der Waals surface area contributed by atoms with Crippen LogP contribution in [-0.2, 0) is 16.0 Å². The summed E-state index contributed by atoms with van der Waals surface area (Å²) in [6, 6.07) is 6.52. The predicted octanol–water partition coefficient (Wildman–Crippen LogP) is 4.23. The molecule has 0 spiro atoms. The Balaban J connectivity index is 1.50. The topological polar surface area (TPSA) is 57.8 Å². The Morgan fingerprint density at radius 2 is 2.06 bits per heavy atom. The lowest BCUT2D eigenvalue weighted by Crippen LogP contribution is -2.48. The largest absolute Gasteiger partial charge is 0.504 e. The summed E-state index contributed by atoms with van der Waals surface area (Å²) >= 11 is 1.93. The number of benzene rings is 1. The van der Waals surface area contributed by atoms with Gasteiger partial charge in [0, 0.05) is 54.3 Å². The van der Waals surface area contributed by atoms with Crippen LogP contribution in [0.2, 0.25) is 0 Å². The molecule has 1 aromatic carbocycles. The third-order valence-electron chi connectivity index (χ3n) is 7.79. The van der Waals surface area contributed by atoms with Crippen molar-refractivity contribution in [3.63, 3.8) is 0 Å². The van der Waals surface area contributed by atoms with Gasteiger partial charge < -0.3 is 19.4 Å². The molecule has 0 aliphatic carbocycles. The molecular formula is C26H35N3O3S. The van der Waals surface area contributed by atoms with Crippen molar-refractivity contribution in [2.24, 2.45) is 11.8 Å². The van der Waals surface area contributed by atoms with Gasteiger partial charge in [0.25, 0.3) is 5.91 Å². The number of ether oxygens (including phenoxy) is 2. The van der Waals surface area contributed by atoms with Gasteiger partial charge in [-0.1, -0.05) is 19.4 Å². The summed E-state index contributed by atoms with van der Waals surface area (Å²) in [4.78, 5) is 22.0. The zero-order valence-corrected chi connectivity index (χ0v) is 20.7. The summed E-state index contributed by atoms with van der Waals surface area (Å²) in [5, 5.41) is 1.22. The first kappa shape index (κ1) is 22.7. The van der Waals surface area contributed by atoms with Crippen LogP contribution < -0.4 is 4.74 Å². The second-order valence-electron chi connectivity index (χ2n) is 9.38. The Bertz CT molecular complexity index is 1040. The van der Waals surface area contributed by atoms with Crippen LogP contribution in [0.5, 0.6) is 5.75 Å². The fourth-order valence-corrected chi connectivity index (χ4v) is 7.03. The fraction of sp³-hybridized carbons (Fsp3) is 0.577. The van der Waals surface area contributed by atoms with Crippen LogP contribution in [0.4, 0.5) is 0 Å². The molecule has 3 atom stereocenters. The van der Waals surface area contributed by atoms with Crippen LogP contribution in [0.25, 0.3) is 10.9 Å². The zero-order chi connectivity index (χ0) is 22.9. The third kappa shape index (κ3) is 4.03. The molecule has 6 nitrogen and oxygen atoms in total. The van der Waals surface area contributed by atoms with Crippen molar-refractivity contribution in [2.45, 2.75) is 32.2 Å². The van der Waals surface area contributed by atoms with Gasteiger partial charge in [-0.3, -0.25) is 9.69 Å². The van der Waals surface area contributed by atoms with Gasteiger partial charge in [0.15, 0.2) is 0 Å². The number of amides is 1. The van der Waals surface area contributed by atoms with Crippen molar-refractivity contribution < 1.29 is 14.3 Å². The van der Waals surface area contributed by atoms with Crippen LogP contribution in [0.1, 0.15) is 37.1 Å². The first-order valence-corrected chi connectivity index (χ1v) is 13.3. The highest BCUT2D eigenvalue weighted by molar-refractivity contribution is 7.99. The lowest BCUT2D eigenvalue weighted by atomic mass is 9.73. The van der Waals surface area contributed by atoms with Crippen molar-refractivity contribution in [2.75, 3.05) is 51.9 Å². The number of H-pyrrole nitrogens is 1. The first-order valence-electron chi connectivity index (χ1n) is 12.2.